The summed E-state index contributed by atoms with van der Waals surface area (Å²) in [6, 6.07) is 25.8. The number of benzene rings is 3. The van der Waals surface area contributed by atoms with Crippen molar-refractivity contribution in [3.8, 4) is 0 Å². The standard InChI is InChI=1S/C27H28O7S/c1-19-12-14-22(15-13-19)35(28,29)34-24-16-23-25(18-31-26(32-23)21-10-6-3-7-11-21)33-27(24)30-17-20-8-4-2-5-9-20/h2-15,23-27H,16-18H2,1H3/t23-,24-,25+,26-,27-/m0/s1. The van der Waals surface area contributed by atoms with Crippen molar-refractivity contribution in [3.63, 3.8) is 0 Å². The quantitative estimate of drug-likeness (QED) is 0.445. The molecule has 2 fully saturated rings. The highest BCUT2D eigenvalue weighted by Gasteiger charge is 2.46. The lowest BCUT2D eigenvalue weighted by Gasteiger charge is -2.44. The van der Waals surface area contributed by atoms with Crippen LogP contribution in [0.15, 0.2) is 89.8 Å². The van der Waals surface area contributed by atoms with Gasteiger partial charge in [0.25, 0.3) is 10.1 Å². The van der Waals surface area contributed by atoms with E-state index in [4.69, 9.17) is 23.1 Å². The van der Waals surface area contributed by atoms with Gasteiger partial charge in [-0.2, -0.15) is 8.42 Å². The van der Waals surface area contributed by atoms with E-state index in [1.807, 2.05) is 67.6 Å². The predicted molar refractivity (Wildman–Crippen MR) is 128 cm³/mol. The van der Waals surface area contributed by atoms with Crippen LogP contribution in [0.3, 0.4) is 0 Å². The summed E-state index contributed by atoms with van der Waals surface area (Å²) in [6.07, 6.45) is -2.89. The Labute approximate surface area is 205 Å². The number of hydrogen-bond acceptors (Lipinski definition) is 7. The van der Waals surface area contributed by atoms with Crippen LogP contribution in [-0.2, 0) is 39.9 Å². The second-order valence-corrected chi connectivity index (χ2v) is 10.3. The van der Waals surface area contributed by atoms with Crippen molar-refractivity contribution in [2.24, 2.45) is 0 Å². The summed E-state index contributed by atoms with van der Waals surface area (Å²) in [7, 11) is -4.04. The Morgan fingerprint density at radius 3 is 2.26 bits per heavy atom. The molecule has 3 aromatic rings. The van der Waals surface area contributed by atoms with E-state index in [1.165, 1.54) is 12.1 Å². The minimum absolute atomic E-state index is 0.0853. The van der Waals surface area contributed by atoms with Crippen molar-refractivity contribution in [3.05, 3.63) is 102 Å². The van der Waals surface area contributed by atoms with Gasteiger partial charge in [-0.1, -0.05) is 78.4 Å². The van der Waals surface area contributed by atoms with Crippen LogP contribution in [0.1, 0.15) is 29.4 Å². The lowest BCUT2D eigenvalue weighted by molar-refractivity contribution is -0.335. The molecule has 0 unspecified atom stereocenters. The Morgan fingerprint density at radius 2 is 1.54 bits per heavy atom. The molecule has 0 saturated carbocycles. The molecule has 0 radical (unpaired) electrons. The molecule has 3 aromatic carbocycles. The molecule has 0 spiro atoms. The third-order valence-electron chi connectivity index (χ3n) is 6.09. The number of fused-ring (bicyclic) bond motifs is 1. The first-order chi connectivity index (χ1) is 17.0. The normalized spacial score (nSPS) is 26.7. The van der Waals surface area contributed by atoms with E-state index in [9.17, 15) is 8.42 Å². The zero-order valence-corrected chi connectivity index (χ0v) is 20.2. The summed E-state index contributed by atoms with van der Waals surface area (Å²) in [5, 5.41) is 0. The van der Waals surface area contributed by atoms with Gasteiger partial charge >= 0.3 is 0 Å². The molecule has 7 nitrogen and oxygen atoms in total. The highest BCUT2D eigenvalue weighted by atomic mass is 32.2. The van der Waals surface area contributed by atoms with Crippen molar-refractivity contribution < 1.29 is 31.5 Å². The van der Waals surface area contributed by atoms with Gasteiger partial charge in [-0.05, 0) is 24.6 Å². The maximum absolute atomic E-state index is 13.1. The molecular formula is C27H28O7S. The van der Waals surface area contributed by atoms with Crippen molar-refractivity contribution in [2.75, 3.05) is 6.61 Å². The van der Waals surface area contributed by atoms with Gasteiger partial charge in [-0.25, -0.2) is 0 Å². The minimum Gasteiger partial charge on any atom is -0.346 e. The number of rotatable bonds is 7. The third kappa shape index (κ3) is 5.81. The molecule has 0 N–H and O–H groups in total. The molecule has 184 valence electrons. The van der Waals surface area contributed by atoms with Crippen LogP contribution in [0, 0.1) is 6.92 Å². The van der Waals surface area contributed by atoms with Crippen LogP contribution in [0.4, 0.5) is 0 Å². The fourth-order valence-electron chi connectivity index (χ4n) is 4.20. The second-order valence-electron chi connectivity index (χ2n) is 8.73. The summed E-state index contributed by atoms with van der Waals surface area (Å²) in [6.45, 7) is 2.44. The molecule has 2 saturated heterocycles. The fourth-order valence-corrected chi connectivity index (χ4v) is 5.28. The molecule has 5 rings (SSSR count). The summed E-state index contributed by atoms with van der Waals surface area (Å²) < 4.78 is 56.1. The zero-order chi connectivity index (χ0) is 24.3. The van der Waals surface area contributed by atoms with Crippen LogP contribution in [0.2, 0.25) is 0 Å². The first-order valence-electron chi connectivity index (χ1n) is 11.6. The lowest BCUT2D eigenvalue weighted by atomic mass is 10.0. The zero-order valence-electron chi connectivity index (χ0n) is 19.4. The maximum Gasteiger partial charge on any atom is 0.297 e. The van der Waals surface area contributed by atoms with Gasteiger partial charge < -0.3 is 18.9 Å². The van der Waals surface area contributed by atoms with E-state index >= 15 is 0 Å². The largest absolute Gasteiger partial charge is 0.346 e. The van der Waals surface area contributed by atoms with Crippen LogP contribution in [-0.4, -0.2) is 39.6 Å². The van der Waals surface area contributed by atoms with Gasteiger partial charge in [-0.3, -0.25) is 4.18 Å². The van der Waals surface area contributed by atoms with Gasteiger partial charge in [0.1, 0.15) is 12.2 Å². The van der Waals surface area contributed by atoms with Crippen molar-refractivity contribution in [2.45, 2.75) is 55.7 Å². The Bertz CT molecular complexity index is 1200. The highest BCUT2D eigenvalue weighted by Crippen LogP contribution is 2.36. The van der Waals surface area contributed by atoms with Crippen LogP contribution >= 0.6 is 0 Å². The molecule has 8 heteroatoms. The topological polar surface area (TPSA) is 80.3 Å². The molecule has 0 amide bonds. The number of ether oxygens (including phenoxy) is 4. The Balaban J connectivity index is 1.34. The summed E-state index contributed by atoms with van der Waals surface area (Å²) >= 11 is 0. The van der Waals surface area contributed by atoms with E-state index in [0.717, 1.165) is 16.7 Å². The van der Waals surface area contributed by atoms with Gasteiger partial charge in [0.15, 0.2) is 12.6 Å². The second kappa shape index (κ2) is 10.6. The van der Waals surface area contributed by atoms with Gasteiger partial charge in [0.05, 0.1) is 24.2 Å². The van der Waals surface area contributed by atoms with E-state index in [0.29, 0.717) is 6.61 Å². The third-order valence-corrected chi connectivity index (χ3v) is 7.44. The Morgan fingerprint density at radius 1 is 0.857 bits per heavy atom. The molecule has 5 atom stereocenters. The highest BCUT2D eigenvalue weighted by molar-refractivity contribution is 7.86. The first-order valence-corrected chi connectivity index (χ1v) is 13.0. The summed E-state index contributed by atoms with van der Waals surface area (Å²) in [4.78, 5) is 0.0853. The van der Waals surface area contributed by atoms with Crippen LogP contribution in [0.25, 0.3) is 0 Å². The summed E-state index contributed by atoms with van der Waals surface area (Å²) in [5.41, 5.74) is 2.79. The summed E-state index contributed by atoms with van der Waals surface area (Å²) in [5.74, 6) is 0. The lowest BCUT2D eigenvalue weighted by Crippen LogP contribution is -2.54. The maximum atomic E-state index is 13.1. The van der Waals surface area contributed by atoms with E-state index in [2.05, 4.69) is 0 Å². The van der Waals surface area contributed by atoms with E-state index < -0.39 is 41.0 Å². The molecule has 2 aliphatic rings. The Hall–Kier alpha value is -2.59. The molecular weight excluding hydrogens is 468 g/mol. The predicted octanol–water partition coefficient (Wildman–Crippen LogP) is 4.51. The van der Waals surface area contributed by atoms with Gasteiger partial charge in [0.2, 0.25) is 0 Å². The van der Waals surface area contributed by atoms with E-state index in [-0.39, 0.29) is 17.9 Å². The average molecular weight is 497 g/mol. The number of aryl methyl sites for hydroxylation is 1. The van der Waals surface area contributed by atoms with Crippen molar-refractivity contribution >= 4 is 10.1 Å². The number of hydrogen-bond donors (Lipinski definition) is 0. The van der Waals surface area contributed by atoms with Gasteiger partial charge in [0, 0.05) is 12.0 Å². The van der Waals surface area contributed by atoms with E-state index in [1.54, 1.807) is 12.1 Å². The molecule has 0 aliphatic carbocycles. The van der Waals surface area contributed by atoms with Crippen LogP contribution in [0.5, 0.6) is 0 Å². The fraction of sp³-hybridized carbons (Fsp3) is 0.333. The molecule has 2 heterocycles. The van der Waals surface area contributed by atoms with Gasteiger partial charge in [-0.15, -0.1) is 0 Å². The first kappa shape index (κ1) is 24.1. The molecule has 2 aliphatic heterocycles. The Kier molecular flexibility index (Phi) is 7.29. The molecule has 35 heavy (non-hydrogen) atoms. The minimum atomic E-state index is -4.04. The molecule has 0 aromatic heterocycles. The van der Waals surface area contributed by atoms with Crippen molar-refractivity contribution in [1.82, 2.24) is 0 Å². The average Bonchev–Trinajstić information content (AvgIpc) is 2.88. The SMILES string of the molecule is Cc1ccc(S(=O)(=O)O[C@H]2C[C@@H]3O[C@@H](c4ccccc4)OC[C@H]3O[C@@H]2OCc2ccccc2)cc1. The van der Waals surface area contributed by atoms with Crippen LogP contribution < -0.4 is 0 Å². The molecule has 0 bridgehead atoms. The monoisotopic (exact) mass is 496 g/mol. The van der Waals surface area contributed by atoms with Crippen molar-refractivity contribution in [1.29, 1.82) is 0 Å². The smallest absolute Gasteiger partial charge is 0.297 e.